The molecule has 0 bridgehead atoms. The van der Waals surface area contributed by atoms with Crippen LogP contribution in [0.2, 0.25) is 5.02 Å². The summed E-state index contributed by atoms with van der Waals surface area (Å²) in [5.41, 5.74) is 2.03. The van der Waals surface area contributed by atoms with Gasteiger partial charge in [-0.3, -0.25) is 9.59 Å². The zero-order chi connectivity index (χ0) is 18.5. The van der Waals surface area contributed by atoms with Crippen LogP contribution in [0.5, 0.6) is 5.75 Å². The van der Waals surface area contributed by atoms with Crippen LogP contribution in [-0.2, 0) is 9.59 Å². The van der Waals surface area contributed by atoms with Gasteiger partial charge in [0.2, 0.25) is 0 Å². The zero-order valence-corrected chi connectivity index (χ0v) is 15.0. The summed E-state index contributed by atoms with van der Waals surface area (Å²) in [5.74, 6) is -0.851. The summed E-state index contributed by atoms with van der Waals surface area (Å²) in [5, 5.41) is 9.46. The predicted octanol–water partition coefficient (Wildman–Crippen LogP) is 3.71. The Morgan fingerprint density at radius 3 is 2.38 bits per heavy atom. The number of carboxylic acids is 1. The number of carboxylic acid groups (broad SMARTS) is 1. The van der Waals surface area contributed by atoms with E-state index in [2.05, 4.69) is 0 Å². The van der Waals surface area contributed by atoms with E-state index in [-0.39, 0.29) is 18.4 Å². The smallest absolute Gasteiger partial charge is 0.306 e. The highest BCUT2D eigenvalue weighted by atomic mass is 35.5. The molecule has 1 aliphatic heterocycles. The highest BCUT2D eigenvalue weighted by Gasteiger charge is 2.27. The number of amides is 1. The third-order valence-electron chi connectivity index (χ3n) is 4.59. The first-order valence-corrected chi connectivity index (χ1v) is 8.91. The lowest BCUT2D eigenvalue weighted by molar-refractivity contribution is -0.146. The second-order valence-electron chi connectivity index (χ2n) is 6.29. The number of carbonyl (C=O) groups is 2. The number of benzene rings is 2. The first-order chi connectivity index (χ1) is 12.5. The molecule has 2 aromatic carbocycles. The summed E-state index contributed by atoms with van der Waals surface area (Å²) >= 11 is 6.29. The Bertz CT molecular complexity index is 786. The summed E-state index contributed by atoms with van der Waals surface area (Å²) in [6, 6.07) is 15.3. The van der Waals surface area contributed by atoms with Crippen molar-refractivity contribution in [1.29, 1.82) is 0 Å². The molecule has 2 aromatic rings. The number of halogens is 1. The van der Waals surface area contributed by atoms with Gasteiger partial charge in [0.25, 0.3) is 5.91 Å². The van der Waals surface area contributed by atoms with E-state index in [9.17, 15) is 9.59 Å². The standard InChI is InChI=1S/C20H20ClNO4/c21-17-12-16(14-4-2-1-3-5-14)6-7-18(17)26-13-19(23)22-10-8-15(9-11-22)20(24)25/h1-7,12,15H,8-11,13H2,(H,24,25). The molecule has 1 N–H and O–H groups in total. The third kappa shape index (κ3) is 4.35. The van der Waals surface area contributed by atoms with E-state index >= 15 is 0 Å². The highest BCUT2D eigenvalue weighted by molar-refractivity contribution is 6.32. The molecular formula is C20H20ClNO4. The third-order valence-corrected chi connectivity index (χ3v) is 4.88. The summed E-state index contributed by atoms with van der Waals surface area (Å²) in [6.07, 6.45) is 0.960. The van der Waals surface area contributed by atoms with Crippen LogP contribution < -0.4 is 4.74 Å². The lowest BCUT2D eigenvalue weighted by Crippen LogP contribution is -2.42. The van der Waals surface area contributed by atoms with E-state index in [0.29, 0.717) is 36.7 Å². The fourth-order valence-corrected chi connectivity index (χ4v) is 3.27. The molecule has 0 aromatic heterocycles. The molecule has 1 heterocycles. The van der Waals surface area contributed by atoms with E-state index in [4.69, 9.17) is 21.4 Å². The Balaban J connectivity index is 1.56. The second kappa shape index (κ2) is 8.23. The topological polar surface area (TPSA) is 66.8 Å². The normalized spacial score (nSPS) is 14.9. The van der Waals surface area contributed by atoms with Crippen molar-refractivity contribution in [3.05, 3.63) is 53.6 Å². The van der Waals surface area contributed by atoms with E-state index in [1.807, 2.05) is 42.5 Å². The van der Waals surface area contributed by atoms with Crippen molar-refractivity contribution >= 4 is 23.5 Å². The van der Waals surface area contributed by atoms with E-state index in [1.54, 1.807) is 11.0 Å². The molecule has 0 radical (unpaired) electrons. The van der Waals surface area contributed by atoms with E-state index in [1.165, 1.54) is 0 Å². The van der Waals surface area contributed by atoms with Crippen molar-refractivity contribution in [2.24, 2.45) is 5.92 Å². The Morgan fingerprint density at radius 2 is 1.77 bits per heavy atom. The monoisotopic (exact) mass is 373 g/mol. The molecule has 26 heavy (non-hydrogen) atoms. The van der Waals surface area contributed by atoms with Crippen LogP contribution in [0.4, 0.5) is 0 Å². The van der Waals surface area contributed by atoms with Crippen molar-refractivity contribution in [3.63, 3.8) is 0 Å². The maximum atomic E-state index is 12.3. The average molecular weight is 374 g/mol. The van der Waals surface area contributed by atoms with Gasteiger partial charge in [0.15, 0.2) is 6.61 Å². The molecule has 0 saturated carbocycles. The minimum Gasteiger partial charge on any atom is -0.482 e. The number of carbonyl (C=O) groups excluding carboxylic acids is 1. The van der Waals surface area contributed by atoms with Crippen molar-refractivity contribution in [3.8, 4) is 16.9 Å². The molecular weight excluding hydrogens is 354 g/mol. The summed E-state index contributed by atoms with van der Waals surface area (Å²) in [7, 11) is 0. The van der Waals surface area contributed by atoms with Gasteiger partial charge in [0, 0.05) is 13.1 Å². The molecule has 5 nitrogen and oxygen atoms in total. The molecule has 1 amide bonds. The molecule has 1 aliphatic rings. The van der Waals surface area contributed by atoms with Gasteiger partial charge >= 0.3 is 5.97 Å². The summed E-state index contributed by atoms with van der Waals surface area (Å²) < 4.78 is 5.58. The molecule has 0 atom stereocenters. The van der Waals surface area contributed by atoms with Gasteiger partial charge in [-0.25, -0.2) is 0 Å². The molecule has 0 spiro atoms. The van der Waals surface area contributed by atoms with Gasteiger partial charge in [0.05, 0.1) is 10.9 Å². The number of nitrogens with zero attached hydrogens (tertiary/aromatic N) is 1. The minimum atomic E-state index is -0.793. The molecule has 1 fully saturated rings. The Morgan fingerprint density at radius 1 is 1.08 bits per heavy atom. The van der Waals surface area contributed by atoms with Crippen LogP contribution in [0.15, 0.2) is 48.5 Å². The van der Waals surface area contributed by atoms with Crippen molar-refractivity contribution < 1.29 is 19.4 Å². The first kappa shape index (κ1) is 18.3. The average Bonchev–Trinajstić information content (AvgIpc) is 2.67. The van der Waals surface area contributed by atoms with E-state index < -0.39 is 5.97 Å². The van der Waals surface area contributed by atoms with Gasteiger partial charge in [-0.1, -0.05) is 48.0 Å². The van der Waals surface area contributed by atoms with E-state index in [0.717, 1.165) is 11.1 Å². The molecule has 0 unspecified atom stereocenters. The van der Waals surface area contributed by atoms with Crippen molar-refractivity contribution in [2.45, 2.75) is 12.8 Å². The first-order valence-electron chi connectivity index (χ1n) is 8.53. The van der Waals surface area contributed by atoms with Crippen molar-refractivity contribution in [1.82, 2.24) is 4.90 Å². The van der Waals surface area contributed by atoms with Gasteiger partial charge in [-0.2, -0.15) is 0 Å². The Kier molecular flexibility index (Phi) is 5.78. The van der Waals surface area contributed by atoms with Crippen LogP contribution in [0.25, 0.3) is 11.1 Å². The minimum absolute atomic E-state index is 0.109. The SMILES string of the molecule is O=C(O)C1CCN(C(=O)COc2ccc(-c3ccccc3)cc2Cl)CC1. The highest BCUT2D eigenvalue weighted by Crippen LogP contribution is 2.30. The number of likely N-dealkylation sites (tertiary alicyclic amines) is 1. The molecule has 0 aliphatic carbocycles. The second-order valence-corrected chi connectivity index (χ2v) is 6.70. The summed E-state index contributed by atoms with van der Waals surface area (Å²) in [4.78, 5) is 24.9. The fraction of sp³-hybridized carbons (Fsp3) is 0.300. The van der Waals surface area contributed by atoms with Crippen molar-refractivity contribution in [2.75, 3.05) is 19.7 Å². The van der Waals surface area contributed by atoms with Crippen LogP contribution in [-0.4, -0.2) is 41.6 Å². The Labute approximate surface area is 157 Å². The predicted molar refractivity (Wildman–Crippen MR) is 99.3 cm³/mol. The number of ether oxygens (including phenoxy) is 1. The van der Waals surface area contributed by atoms with Gasteiger partial charge in [-0.05, 0) is 36.1 Å². The summed E-state index contributed by atoms with van der Waals surface area (Å²) in [6.45, 7) is 0.780. The molecule has 1 saturated heterocycles. The largest absolute Gasteiger partial charge is 0.482 e. The van der Waals surface area contributed by atoms with Crippen LogP contribution in [0.3, 0.4) is 0 Å². The van der Waals surface area contributed by atoms with Crippen LogP contribution >= 0.6 is 11.6 Å². The fourth-order valence-electron chi connectivity index (χ4n) is 3.03. The van der Waals surface area contributed by atoms with Gasteiger partial charge in [-0.15, -0.1) is 0 Å². The number of aliphatic carboxylic acids is 1. The Hall–Kier alpha value is -2.53. The lowest BCUT2D eigenvalue weighted by atomic mass is 9.97. The quantitative estimate of drug-likeness (QED) is 0.867. The number of hydrogen-bond acceptors (Lipinski definition) is 3. The number of rotatable bonds is 5. The maximum Gasteiger partial charge on any atom is 0.306 e. The maximum absolute atomic E-state index is 12.3. The molecule has 6 heteroatoms. The molecule has 136 valence electrons. The number of piperidine rings is 1. The number of hydrogen-bond donors (Lipinski definition) is 1. The van der Waals surface area contributed by atoms with Crippen LogP contribution in [0.1, 0.15) is 12.8 Å². The molecule has 3 rings (SSSR count). The van der Waals surface area contributed by atoms with Crippen LogP contribution in [0, 0.1) is 5.92 Å². The van der Waals surface area contributed by atoms with Gasteiger partial charge < -0.3 is 14.7 Å². The lowest BCUT2D eigenvalue weighted by Gasteiger charge is -2.30. The zero-order valence-electron chi connectivity index (χ0n) is 14.2. The van der Waals surface area contributed by atoms with Gasteiger partial charge in [0.1, 0.15) is 5.75 Å².